The molecule has 25 heavy (non-hydrogen) atoms. The van der Waals surface area contributed by atoms with Crippen molar-refractivity contribution in [1.29, 1.82) is 0 Å². The highest BCUT2D eigenvalue weighted by molar-refractivity contribution is 6.03. The van der Waals surface area contributed by atoms with Crippen molar-refractivity contribution in [3.8, 4) is 11.1 Å². The summed E-state index contributed by atoms with van der Waals surface area (Å²) in [5.41, 5.74) is 6.99. The molecular formula is C23H21NO. The third-order valence-electron chi connectivity index (χ3n) is 5.08. The fourth-order valence-corrected chi connectivity index (χ4v) is 3.79. The minimum atomic E-state index is 0.451. The topological polar surface area (TPSA) is 32.6 Å². The largest absolute Gasteiger partial charge is 0.411 e. The van der Waals surface area contributed by atoms with Crippen LogP contribution >= 0.6 is 0 Å². The number of hydrogen-bond acceptors (Lipinski definition) is 2. The predicted octanol–water partition coefficient (Wildman–Crippen LogP) is 5.65. The van der Waals surface area contributed by atoms with Crippen LogP contribution in [0.3, 0.4) is 0 Å². The predicted molar refractivity (Wildman–Crippen MR) is 102 cm³/mol. The molecule has 2 nitrogen and oxygen atoms in total. The van der Waals surface area contributed by atoms with Gasteiger partial charge in [-0.1, -0.05) is 84.0 Å². The molecule has 0 spiro atoms. The molecule has 1 N–H and O–H groups in total. The van der Waals surface area contributed by atoms with Gasteiger partial charge in [0.05, 0.1) is 5.71 Å². The second-order valence-corrected chi connectivity index (χ2v) is 6.64. The summed E-state index contributed by atoms with van der Waals surface area (Å²) in [5.74, 6) is 0.451. The molecule has 0 aliphatic heterocycles. The fraction of sp³-hybridized carbons (Fsp3) is 0.174. The van der Waals surface area contributed by atoms with Crippen molar-refractivity contribution in [2.45, 2.75) is 25.2 Å². The Morgan fingerprint density at radius 1 is 0.840 bits per heavy atom. The second-order valence-electron chi connectivity index (χ2n) is 6.64. The minimum Gasteiger partial charge on any atom is -0.411 e. The van der Waals surface area contributed by atoms with Gasteiger partial charge < -0.3 is 5.21 Å². The van der Waals surface area contributed by atoms with Crippen molar-refractivity contribution in [2.24, 2.45) is 5.16 Å². The zero-order chi connectivity index (χ0) is 17.1. The molecule has 0 saturated heterocycles. The van der Waals surface area contributed by atoms with Gasteiger partial charge in [-0.25, -0.2) is 0 Å². The summed E-state index contributed by atoms with van der Waals surface area (Å²) in [7, 11) is 0. The van der Waals surface area contributed by atoms with E-state index in [1.807, 2.05) is 6.07 Å². The van der Waals surface area contributed by atoms with Crippen LogP contribution in [0.15, 0.2) is 84.0 Å². The fourth-order valence-electron chi connectivity index (χ4n) is 3.79. The molecule has 0 aromatic heterocycles. The molecule has 0 fully saturated rings. The van der Waals surface area contributed by atoms with Crippen molar-refractivity contribution >= 4 is 5.71 Å². The number of oxime groups is 1. The highest BCUT2D eigenvalue weighted by Gasteiger charge is 2.25. The lowest BCUT2D eigenvalue weighted by Gasteiger charge is -2.27. The van der Waals surface area contributed by atoms with Crippen molar-refractivity contribution in [3.63, 3.8) is 0 Å². The van der Waals surface area contributed by atoms with Crippen LogP contribution < -0.4 is 0 Å². The van der Waals surface area contributed by atoms with Crippen LogP contribution in [0.4, 0.5) is 0 Å². The Balaban J connectivity index is 1.75. The molecular weight excluding hydrogens is 306 g/mol. The van der Waals surface area contributed by atoms with E-state index in [0.717, 1.165) is 30.5 Å². The maximum atomic E-state index is 9.39. The van der Waals surface area contributed by atoms with Gasteiger partial charge in [-0.3, -0.25) is 0 Å². The number of hydrogen-bond donors (Lipinski definition) is 1. The van der Waals surface area contributed by atoms with Crippen LogP contribution in [-0.2, 0) is 6.42 Å². The van der Waals surface area contributed by atoms with Crippen LogP contribution in [0.25, 0.3) is 11.1 Å². The second kappa shape index (κ2) is 6.94. The van der Waals surface area contributed by atoms with E-state index in [2.05, 4.69) is 78.0 Å². The highest BCUT2D eigenvalue weighted by Crippen LogP contribution is 2.37. The monoisotopic (exact) mass is 327 g/mol. The van der Waals surface area contributed by atoms with Gasteiger partial charge >= 0.3 is 0 Å². The quantitative estimate of drug-likeness (QED) is 0.489. The first-order valence-corrected chi connectivity index (χ1v) is 8.80. The Morgan fingerprint density at radius 3 is 2.28 bits per heavy atom. The van der Waals surface area contributed by atoms with E-state index in [4.69, 9.17) is 0 Å². The molecule has 0 heterocycles. The maximum absolute atomic E-state index is 9.39. The zero-order valence-electron chi connectivity index (χ0n) is 14.1. The van der Waals surface area contributed by atoms with E-state index in [9.17, 15) is 5.21 Å². The van der Waals surface area contributed by atoms with Crippen LogP contribution in [0.1, 0.15) is 35.4 Å². The molecule has 1 atom stereocenters. The lowest BCUT2D eigenvalue weighted by molar-refractivity contribution is 0.317. The molecule has 0 bridgehead atoms. The molecule has 124 valence electrons. The van der Waals surface area contributed by atoms with E-state index in [0.29, 0.717) is 5.92 Å². The molecule has 1 aliphatic carbocycles. The molecule has 1 aliphatic rings. The summed E-state index contributed by atoms with van der Waals surface area (Å²) in [6.07, 6.45) is 2.86. The van der Waals surface area contributed by atoms with Crippen LogP contribution in [0.2, 0.25) is 0 Å². The molecule has 1 unspecified atom stereocenters. The molecule has 3 aromatic rings. The maximum Gasteiger partial charge on any atom is 0.0870 e. The van der Waals surface area contributed by atoms with Crippen molar-refractivity contribution in [2.75, 3.05) is 0 Å². The summed E-state index contributed by atoms with van der Waals surface area (Å²) in [5, 5.41) is 12.9. The molecule has 0 amide bonds. The molecule has 3 aromatic carbocycles. The van der Waals surface area contributed by atoms with Gasteiger partial charge in [0.25, 0.3) is 0 Å². The van der Waals surface area contributed by atoms with Crippen LogP contribution in [0, 0.1) is 0 Å². The first-order valence-electron chi connectivity index (χ1n) is 8.80. The Kier molecular flexibility index (Phi) is 4.34. The van der Waals surface area contributed by atoms with E-state index in [1.165, 1.54) is 22.3 Å². The Morgan fingerprint density at radius 2 is 1.56 bits per heavy atom. The van der Waals surface area contributed by atoms with E-state index in [-0.39, 0.29) is 0 Å². The average molecular weight is 327 g/mol. The summed E-state index contributed by atoms with van der Waals surface area (Å²) >= 11 is 0. The SMILES string of the molecule is O/N=C1\CCC(Cc2ccccc2)c2cc(-c3ccccc3)ccc21. The third-order valence-corrected chi connectivity index (χ3v) is 5.08. The van der Waals surface area contributed by atoms with Crippen LogP contribution in [0.5, 0.6) is 0 Å². The van der Waals surface area contributed by atoms with Gasteiger partial charge in [0, 0.05) is 5.56 Å². The number of nitrogens with zero attached hydrogens (tertiary/aromatic N) is 1. The zero-order valence-corrected chi connectivity index (χ0v) is 14.1. The number of rotatable bonds is 3. The molecule has 0 saturated carbocycles. The Hall–Kier alpha value is -2.87. The van der Waals surface area contributed by atoms with Gasteiger partial charge in [0.2, 0.25) is 0 Å². The van der Waals surface area contributed by atoms with Gasteiger partial charge in [0.15, 0.2) is 0 Å². The first kappa shape index (κ1) is 15.6. The lowest BCUT2D eigenvalue weighted by Crippen LogP contribution is -2.18. The molecule has 0 radical (unpaired) electrons. The highest BCUT2D eigenvalue weighted by atomic mass is 16.4. The van der Waals surface area contributed by atoms with Gasteiger partial charge in [0.1, 0.15) is 0 Å². The van der Waals surface area contributed by atoms with Gasteiger partial charge in [-0.05, 0) is 47.4 Å². The summed E-state index contributed by atoms with van der Waals surface area (Å²) in [6.45, 7) is 0. The normalized spacial score (nSPS) is 18.1. The summed E-state index contributed by atoms with van der Waals surface area (Å²) in [4.78, 5) is 0. The lowest BCUT2D eigenvalue weighted by atomic mass is 9.77. The standard InChI is InChI=1S/C23H21NO/c25-24-23-14-12-20(15-17-7-3-1-4-8-17)22-16-19(11-13-21(22)23)18-9-5-2-6-10-18/h1-11,13,16,20,25H,12,14-15H2/b24-23+. The Bertz CT molecular complexity index is 884. The van der Waals surface area contributed by atoms with E-state index in [1.54, 1.807) is 0 Å². The molecule has 4 rings (SSSR count). The Labute approximate surface area is 148 Å². The van der Waals surface area contributed by atoms with E-state index < -0.39 is 0 Å². The smallest absolute Gasteiger partial charge is 0.0870 e. The van der Waals surface area contributed by atoms with Crippen LogP contribution in [-0.4, -0.2) is 10.9 Å². The average Bonchev–Trinajstić information content (AvgIpc) is 2.69. The summed E-state index contributed by atoms with van der Waals surface area (Å²) in [6, 6.07) is 27.6. The first-order chi connectivity index (χ1) is 12.3. The van der Waals surface area contributed by atoms with Crippen molar-refractivity contribution in [1.82, 2.24) is 0 Å². The van der Waals surface area contributed by atoms with Crippen molar-refractivity contribution in [3.05, 3.63) is 95.6 Å². The minimum absolute atomic E-state index is 0.451. The van der Waals surface area contributed by atoms with Gasteiger partial charge in [-0.2, -0.15) is 0 Å². The number of fused-ring (bicyclic) bond motifs is 1. The van der Waals surface area contributed by atoms with Gasteiger partial charge in [-0.15, -0.1) is 0 Å². The summed E-state index contributed by atoms with van der Waals surface area (Å²) < 4.78 is 0. The van der Waals surface area contributed by atoms with Crippen molar-refractivity contribution < 1.29 is 5.21 Å². The van der Waals surface area contributed by atoms with E-state index >= 15 is 0 Å². The third kappa shape index (κ3) is 3.20. The number of benzene rings is 3. The molecule has 2 heteroatoms.